The van der Waals surface area contributed by atoms with Gasteiger partial charge in [-0.25, -0.2) is 0 Å². The number of fused-ring (bicyclic) bond motifs is 1. The zero-order chi connectivity index (χ0) is 27.5. The number of likely N-dealkylation sites (tertiary alicyclic amines) is 1. The third-order valence-electron chi connectivity index (χ3n) is 6.75. The molecule has 0 unspecified atom stereocenters. The molecule has 0 aliphatic carbocycles. The van der Waals surface area contributed by atoms with Gasteiger partial charge in [-0.2, -0.15) is 0 Å². The third kappa shape index (κ3) is 5.10. The molecule has 2 aliphatic heterocycles. The summed E-state index contributed by atoms with van der Waals surface area (Å²) in [4.78, 5) is 32.4. The molecule has 39 heavy (non-hydrogen) atoms. The quantitative estimate of drug-likeness (QED) is 0.182. The van der Waals surface area contributed by atoms with Crippen molar-refractivity contribution in [2.45, 2.75) is 39.0 Å². The summed E-state index contributed by atoms with van der Waals surface area (Å²) in [7, 11) is 0. The number of ether oxygens (including phenoxy) is 3. The molecule has 3 aromatic rings. The van der Waals surface area contributed by atoms with Crippen molar-refractivity contribution in [2.24, 2.45) is 0 Å². The Morgan fingerprint density at radius 1 is 1.13 bits per heavy atom. The summed E-state index contributed by atoms with van der Waals surface area (Å²) in [6.07, 6.45) is 5.62. The number of pyridine rings is 1. The smallest absolute Gasteiger partial charge is 0.295 e. The second-order valence-corrected chi connectivity index (χ2v) is 9.48. The van der Waals surface area contributed by atoms with E-state index in [-0.39, 0.29) is 24.0 Å². The average molecular weight is 527 g/mol. The van der Waals surface area contributed by atoms with E-state index in [4.69, 9.17) is 14.2 Å². The molecule has 8 nitrogen and oxygen atoms in total. The first-order valence-electron chi connectivity index (χ1n) is 12.9. The number of ketones is 1. The number of amides is 1. The van der Waals surface area contributed by atoms with Crippen LogP contribution in [0, 0.1) is 0 Å². The molecule has 1 N–H and O–H groups in total. The molecule has 3 heterocycles. The molecular weight excluding hydrogens is 496 g/mol. The van der Waals surface area contributed by atoms with E-state index in [0.29, 0.717) is 42.3 Å². The van der Waals surface area contributed by atoms with Crippen LogP contribution in [0.15, 0.2) is 79.2 Å². The Hall–Kier alpha value is -4.59. The lowest BCUT2D eigenvalue weighted by Crippen LogP contribution is -2.29. The minimum atomic E-state index is -0.853. The van der Waals surface area contributed by atoms with E-state index in [1.54, 1.807) is 60.9 Å². The second kappa shape index (κ2) is 11.0. The molecule has 200 valence electrons. The van der Waals surface area contributed by atoms with Gasteiger partial charge in [0, 0.05) is 30.9 Å². The lowest BCUT2D eigenvalue weighted by Gasteiger charge is -2.26. The van der Waals surface area contributed by atoms with E-state index < -0.39 is 17.7 Å². The van der Waals surface area contributed by atoms with E-state index in [1.807, 2.05) is 19.9 Å². The van der Waals surface area contributed by atoms with Crippen molar-refractivity contribution in [3.05, 3.63) is 101 Å². The van der Waals surface area contributed by atoms with E-state index in [2.05, 4.69) is 11.6 Å². The van der Waals surface area contributed by atoms with Crippen molar-refractivity contribution in [3.63, 3.8) is 0 Å². The normalized spacial score (nSPS) is 19.5. The molecule has 2 atom stereocenters. The number of nitrogens with zero attached hydrogens (tertiary/aromatic N) is 2. The lowest BCUT2D eigenvalue weighted by molar-refractivity contribution is -0.140. The minimum absolute atomic E-state index is 0.0168. The van der Waals surface area contributed by atoms with Gasteiger partial charge in [0.2, 0.25) is 0 Å². The van der Waals surface area contributed by atoms with Gasteiger partial charge in [0.15, 0.2) is 11.5 Å². The number of hydrogen-bond acceptors (Lipinski definition) is 7. The van der Waals surface area contributed by atoms with Crippen LogP contribution in [0.4, 0.5) is 0 Å². The first-order valence-corrected chi connectivity index (χ1v) is 12.9. The molecule has 1 amide bonds. The summed E-state index contributed by atoms with van der Waals surface area (Å²) >= 11 is 0. The highest BCUT2D eigenvalue weighted by Crippen LogP contribution is 2.43. The zero-order valence-electron chi connectivity index (χ0n) is 21.9. The van der Waals surface area contributed by atoms with Crippen LogP contribution < -0.4 is 14.2 Å². The zero-order valence-corrected chi connectivity index (χ0v) is 21.9. The summed E-state index contributed by atoms with van der Waals surface area (Å²) in [6, 6.07) is 13.3. The van der Waals surface area contributed by atoms with Crippen LogP contribution >= 0.6 is 0 Å². The number of carbonyl (C=O) groups excluding carboxylic acids is 2. The van der Waals surface area contributed by atoms with Crippen molar-refractivity contribution in [2.75, 3.05) is 13.2 Å². The molecule has 0 bridgehead atoms. The summed E-state index contributed by atoms with van der Waals surface area (Å²) in [5.41, 5.74) is 2.82. The van der Waals surface area contributed by atoms with Gasteiger partial charge >= 0.3 is 0 Å². The highest BCUT2D eigenvalue weighted by molar-refractivity contribution is 6.46. The second-order valence-electron chi connectivity index (χ2n) is 9.48. The Balaban J connectivity index is 1.64. The molecule has 0 radical (unpaired) electrons. The Bertz CT molecular complexity index is 1450. The van der Waals surface area contributed by atoms with E-state index in [1.165, 1.54) is 4.90 Å². The maximum Gasteiger partial charge on any atom is 0.295 e. The van der Waals surface area contributed by atoms with E-state index in [0.717, 1.165) is 16.9 Å². The molecular formula is C31H30N2O6. The predicted octanol–water partition coefficient (Wildman–Crippen LogP) is 4.99. The number of Topliss-reactive ketones (excluding diaryl/α,β-unsaturated/α-hetero) is 1. The first-order chi connectivity index (χ1) is 18.9. The average Bonchev–Trinajstić information content (AvgIpc) is 3.43. The van der Waals surface area contributed by atoms with Crippen molar-refractivity contribution in [1.82, 2.24) is 9.88 Å². The number of rotatable bonds is 9. The van der Waals surface area contributed by atoms with Gasteiger partial charge in [-0.1, -0.05) is 18.7 Å². The van der Waals surface area contributed by atoms with Crippen LogP contribution in [-0.2, 0) is 22.6 Å². The fraction of sp³-hybridized carbons (Fsp3) is 0.258. The summed E-state index contributed by atoms with van der Waals surface area (Å²) in [5.74, 6) is 0.0606. The predicted molar refractivity (Wildman–Crippen MR) is 146 cm³/mol. The molecule has 2 aromatic carbocycles. The SMILES string of the molecule is C=CCOc1ccc([C@@H]2C(=C(O)c3ccc4c(c3)C[C@H](C)O4)C(=O)C(=O)N2Cc2ccncc2)cc1OCC. The maximum atomic E-state index is 13.5. The number of aliphatic hydroxyl groups excluding tert-OH is 1. The van der Waals surface area contributed by atoms with Gasteiger partial charge in [-0.3, -0.25) is 14.6 Å². The monoisotopic (exact) mass is 526 g/mol. The van der Waals surface area contributed by atoms with Crippen LogP contribution in [0.1, 0.15) is 42.1 Å². The van der Waals surface area contributed by atoms with Crippen LogP contribution in [0.2, 0.25) is 0 Å². The van der Waals surface area contributed by atoms with Gasteiger partial charge in [0.05, 0.1) is 18.2 Å². The van der Waals surface area contributed by atoms with Crippen LogP contribution in [0.25, 0.3) is 5.76 Å². The first kappa shape index (κ1) is 26.0. The molecule has 1 fully saturated rings. The summed E-state index contributed by atoms with van der Waals surface area (Å²) < 4.78 is 17.4. The molecule has 2 aliphatic rings. The topological polar surface area (TPSA) is 98.2 Å². The number of aliphatic hydroxyl groups is 1. The van der Waals surface area contributed by atoms with Gasteiger partial charge in [0.1, 0.15) is 24.2 Å². The van der Waals surface area contributed by atoms with Gasteiger partial charge in [0.25, 0.3) is 11.7 Å². The van der Waals surface area contributed by atoms with Crippen molar-refractivity contribution in [1.29, 1.82) is 0 Å². The Morgan fingerprint density at radius 3 is 2.67 bits per heavy atom. The standard InChI is InChI=1S/C31H30N2O6/c1-4-14-38-25-9-6-21(17-26(25)37-5-2)28-27(29(34)22-7-8-24-23(16-22)15-19(3)39-24)30(35)31(36)33(28)18-20-10-12-32-13-11-20/h4,6-13,16-17,19,28,34H,1,5,14-15,18H2,2-3H3/t19-,28+/m0/s1. The Morgan fingerprint density at radius 2 is 1.92 bits per heavy atom. The molecule has 0 saturated carbocycles. The maximum absolute atomic E-state index is 13.5. The van der Waals surface area contributed by atoms with Gasteiger partial charge in [-0.15, -0.1) is 0 Å². The highest BCUT2D eigenvalue weighted by atomic mass is 16.5. The molecule has 1 saturated heterocycles. The number of benzene rings is 2. The molecule has 8 heteroatoms. The fourth-order valence-corrected chi connectivity index (χ4v) is 5.03. The Kier molecular flexibility index (Phi) is 7.36. The minimum Gasteiger partial charge on any atom is -0.507 e. The van der Waals surface area contributed by atoms with Crippen LogP contribution in [0.3, 0.4) is 0 Å². The number of hydrogen-bond donors (Lipinski definition) is 1. The fourth-order valence-electron chi connectivity index (χ4n) is 5.03. The largest absolute Gasteiger partial charge is 0.507 e. The van der Waals surface area contributed by atoms with Gasteiger partial charge < -0.3 is 24.2 Å². The number of aromatic nitrogens is 1. The summed E-state index contributed by atoms with van der Waals surface area (Å²) in [5, 5.41) is 11.5. The van der Waals surface area contributed by atoms with Crippen LogP contribution in [0.5, 0.6) is 17.2 Å². The third-order valence-corrected chi connectivity index (χ3v) is 6.75. The molecule has 5 rings (SSSR count). The van der Waals surface area contributed by atoms with Crippen molar-refractivity contribution in [3.8, 4) is 17.2 Å². The van der Waals surface area contributed by atoms with Crippen molar-refractivity contribution >= 4 is 17.4 Å². The number of carbonyl (C=O) groups is 2. The Labute approximate surface area is 227 Å². The lowest BCUT2D eigenvalue weighted by atomic mass is 9.94. The summed E-state index contributed by atoms with van der Waals surface area (Å²) in [6.45, 7) is 8.36. The van der Waals surface area contributed by atoms with E-state index in [9.17, 15) is 14.7 Å². The molecule has 1 aromatic heterocycles. The van der Waals surface area contributed by atoms with E-state index >= 15 is 0 Å². The highest BCUT2D eigenvalue weighted by Gasteiger charge is 2.46. The van der Waals surface area contributed by atoms with Crippen LogP contribution in [-0.4, -0.2) is 46.0 Å². The van der Waals surface area contributed by atoms with Crippen molar-refractivity contribution < 1.29 is 28.9 Å². The molecule has 0 spiro atoms. The van der Waals surface area contributed by atoms with Gasteiger partial charge in [-0.05, 0) is 73.0 Å².